The zero-order valence-corrected chi connectivity index (χ0v) is 19.5. The smallest absolute Gasteiger partial charge is 0.416 e. The molecule has 10 heteroatoms. The fourth-order valence-corrected chi connectivity index (χ4v) is 4.00. The van der Waals surface area contributed by atoms with Crippen LogP contribution in [0.25, 0.3) is 0 Å². The lowest BCUT2D eigenvalue weighted by Crippen LogP contribution is -2.36. The van der Waals surface area contributed by atoms with E-state index in [1.807, 2.05) is 0 Å². The number of carbonyl (C=O) groups excluding carboxylic acids is 1. The Hall–Kier alpha value is -2.62. The summed E-state index contributed by atoms with van der Waals surface area (Å²) < 4.78 is 45.2. The molecule has 3 aromatic rings. The molecule has 0 saturated heterocycles. The van der Waals surface area contributed by atoms with Crippen molar-refractivity contribution in [2.45, 2.75) is 45.8 Å². The molecule has 1 aromatic heterocycles. The molecule has 1 N–H and O–H groups in total. The van der Waals surface area contributed by atoms with E-state index in [9.17, 15) is 18.0 Å². The molecule has 1 amide bonds. The third-order valence-corrected chi connectivity index (χ3v) is 5.90. The maximum atomic E-state index is 13.1. The molecule has 0 spiro atoms. The second-order valence-electron chi connectivity index (χ2n) is 7.54. The highest BCUT2D eigenvalue weighted by Crippen LogP contribution is 2.31. The molecule has 0 aliphatic heterocycles. The number of carbonyl (C=O) groups is 1. The Morgan fingerprint density at radius 1 is 1.24 bits per heavy atom. The van der Waals surface area contributed by atoms with Gasteiger partial charge in [-0.3, -0.25) is 4.79 Å². The molecule has 0 atom stereocenters. The van der Waals surface area contributed by atoms with Crippen molar-refractivity contribution in [2.75, 3.05) is 0 Å². The van der Waals surface area contributed by atoms with Gasteiger partial charge in [-0.1, -0.05) is 17.7 Å². The first-order chi connectivity index (χ1) is 15.6. The third kappa shape index (κ3) is 6.46. The lowest BCUT2D eigenvalue weighted by atomic mass is 10.1. The van der Waals surface area contributed by atoms with E-state index in [1.54, 1.807) is 37.4 Å². The summed E-state index contributed by atoms with van der Waals surface area (Å²) in [6.07, 6.45) is -4.54. The van der Waals surface area contributed by atoms with Crippen molar-refractivity contribution in [1.82, 2.24) is 9.88 Å². The van der Waals surface area contributed by atoms with E-state index in [0.717, 1.165) is 12.1 Å². The van der Waals surface area contributed by atoms with Crippen LogP contribution in [0.15, 0.2) is 47.8 Å². The van der Waals surface area contributed by atoms with E-state index >= 15 is 0 Å². The highest BCUT2D eigenvalue weighted by atomic mass is 35.5. The van der Waals surface area contributed by atoms with Gasteiger partial charge in [-0.2, -0.15) is 13.2 Å². The molecule has 0 fully saturated rings. The number of hydrogen-bond acceptors (Lipinski definition) is 5. The van der Waals surface area contributed by atoms with Crippen molar-refractivity contribution >= 4 is 28.8 Å². The number of nitrogens with zero attached hydrogens (tertiary/aromatic N) is 2. The van der Waals surface area contributed by atoms with Gasteiger partial charge in [0, 0.05) is 34.1 Å². The van der Waals surface area contributed by atoms with Crippen molar-refractivity contribution in [2.24, 2.45) is 0 Å². The van der Waals surface area contributed by atoms with E-state index in [-0.39, 0.29) is 31.4 Å². The van der Waals surface area contributed by atoms with Gasteiger partial charge in [-0.25, -0.2) is 4.98 Å². The fourth-order valence-electron chi connectivity index (χ4n) is 3.11. The average Bonchev–Trinajstić information content (AvgIpc) is 3.24. The summed E-state index contributed by atoms with van der Waals surface area (Å²) in [5.41, 5.74) is 0.222. The summed E-state index contributed by atoms with van der Waals surface area (Å²) in [4.78, 5) is 18.8. The van der Waals surface area contributed by atoms with Crippen LogP contribution in [0.2, 0.25) is 5.02 Å². The number of aromatic nitrogens is 1. The lowest BCUT2D eigenvalue weighted by molar-refractivity contribution is -0.137. The average molecular weight is 499 g/mol. The van der Waals surface area contributed by atoms with Gasteiger partial charge in [0.1, 0.15) is 17.4 Å². The summed E-state index contributed by atoms with van der Waals surface area (Å²) >= 11 is 7.51. The number of halogens is 4. The van der Waals surface area contributed by atoms with Gasteiger partial charge in [0.2, 0.25) is 0 Å². The first-order valence-electron chi connectivity index (χ1n) is 10.0. The molecule has 0 saturated carbocycles. The Kier molecular flexibility index (Phi) is 7.99. The van der Waals surface area contributed by atoms with E-state index < -0.39 is 17.6 Å². The van der Waals surface area contributed by atoms with E-state index in [1.165, 1.54) is 28.4 Å². The number of amides is 1. The summed E-state index contributed by atoms with van der Waals surface area (Å²) in [7, 11) is 0. The van der Waals surface area contributed by atoms with Gasteiger partial charge in [0.15, 0.2) is 0 Å². The predicted octanol–water partition coefficient (Wildman–Crippen LogP) is 5.94. The molecular weight excluding hydrogens is 477 g/mol. The fraction of sp³-hybridized carbons (Fsp3) is 0.304. The first kappa shape index (κ1) is 25.0. The lowest BCUT2D eigenvalue weighted by Gasteiger charge is -2.28. The molecule has 3 rings (SSSR count). The Morgan fingerprint density at radius 3 is 2.64 bits per heavy atom. The van der Waals surface area contributed by atoms with Gasteiger partial charge in [-0.05, 0) is 50.2 Å². The van der Waals surface area contributed by atoms with Crippen LogP contribution in [-0.2, 0) is 25.9 Å². The summed E-state index contributed by atoms with van der Waals surface area (Å²) in [5, 5.41) is 12.0. The van der Waals surface area contributed by atoms with Crippen LogP contribution in [0.3, 0.4) is 0 Å². The number of thiazole rings is 1. The van der Waals surface area contributed by atoms with Gasteiger partial charge < -0.3 is 14.7 Å². The second-order valence-corrected chi connectivity index (χ2v) is 8.92. The second kappa shape index (κ2) is 10.5. The Morgan fingerprint density at radius 2 is 2.00 bits per heavy atom. The molecule has 0 aliphatic rings. The molecule has 176 valence electrons. The minimum absolute atomic E-state index is 0.0534. The summed E-state index contributed by atoms with van der Waals surface area (Å²) in [6.45, 7) is 3.64. The van der Waals surface area contributed by atoms with Crippen molar-refractivity contribution < 1.29 is 27.8 Å². The number of alkyl halides is 3. The minimum Gasteiger partial charge on any atom is -0.486 e. The largest absolute Gasteiger partial charge is 0.486 e. The Bertz CT molecular complexity index is 1120. The SMILES string of the molecule is CC(C)N(Cc1cc(Cl)ccc1OCc1nc(CO)cs1)C(=O)c1cccc(C(F)(F)F)c1. The number of aliphatic hydroxyl groups excluding tert-OH is 1. The molecular formula is C23H22ClF3N2O3S. The number of hydrogen-bond donors (Lipinski definition) is 1. The molecule has 0 radical (unpaired) electrons. The number of ether oxygens (including phenoxy) is 1. The maximum Gasteiger partial charge on any atom is 0.416 e. The number of rotatable bonds is 8. The number of benzene rings is 2. The molecule has 5 nitrogen and oxygen atoms in total. The normalized spacial score (nSPS) is 11.6. The Balaban J connectivity index is 1.84. The van der Waals surface area contributed by atoms with Crippen molar-refractivity contribution in [3.05, 3.63) is 80.3 Å². The molecule has 1 heterocycles. The molecule has 0 bridgehead atoms. The minimum atomic E-state index is -4.54. The van der Waals surface area contributed by atoms with Crippen LogP contribution < -0.4 is 4.74 Å². The van der Waals surface area contributed by atoms with Crippen LogP contribution in [0.1, 0.15) is 46.0 Å². The van der Waals surface area contributed by atoms with Gasteiger partial charge in [0.25, 0.3) is 5.91 Å². The highest BCUT2D eigenvalue weighted by Gasteiger charge is 2.31. The highest BCUT2D eigenvalue weighted by molar-refractivity contribution is 7.09. The summed E-state index contributed by atoms with van der Waals surface area (Å²) in [6, 6.07) is 9.05. The number of aliphatic hydroxyl groups is 1. The van der Waals surface area contributed by atoms with Crippen LogP contribution in [-0.4, -0.2) is 26.9 Å². The first-order valence-corrected chi connectivity index (χ1v) is 11.3. The van der Waals surface area contributed by atoms with Crippen molar-refractivity contribution in [3.8, 4) is 5.75 Å². The quantitative estimate of drug-likeness (QED) is 0.417. The van der Waals surface area contributed by atoms with Crippen LogP contribution in [0, 0.1) is 0 Å². The zero-order valence-electron chi connectivity index (χ0n) is 17.9. The van der Waals surface area contributed by atoms with Gasteiger partial charge in [0.05, 0.1) is 17.9 Å². The standard InChI is InChI=1S/C23H22ClF3N2O3S/c1-14(2)29(22(31)15-4-3-5-17(8-15)23(25,26)27)10-16-9-18(24)6-7-20(16)32-12-21-28-19(11-30)13-33-21/h3-9,13-14,30H,10-12H2,1-2H3. The molecule has 0 unspecified atom stereocenters. The van der Waals surface area contributed by atoms with Crippen molar-refractivity contribution in [1.29, 1.82) is 0 Å². The molecule has 2 aromatic carbocycles. The van der Waals surface area contributed by atoms with Crippen LogP contribution in [0.4, 0.5) is 13.2 Å². The predicted molar refractivity (Wildman–Crippen MR) is 120 cm³/mol. The van der Waals surface area contributed by atoms with Gasteiger partial charge in [-0.15, -0.1) is 11.3 Å². The van der Waals surface area contributed by atoms with Crippen LogP contribution in [0.5, 0.6) is 5.75 Å². The monoisotopic (exact) mass is 498 g/mol. The van der Waals surface area contributed by atoms with Gasteiger partial charge >= 0.3 is 6.18 Å². The van der Waals surface area contributed by atoms with Crippen LogP contribution >= 0.6 is 22.9 Å². The van der Waals surface area contributed by atoms with E-state index in [2.05, 4.69) is 4.98 Å². The Labute approximate surface area is 198 Å². The maximum absolute atomic E-state index is 13.1. The third-order valence-electron chi connectivity index (χ3n) is 4.80. The zero-order chi connectivity index (χ0) is 24.2. The molecule has 33 heavy (non-hydrogen) atoms. The van der Waals surface area contributed by atoms with Crippen molar-refractivity contribution in [3.63, 3.8) is 0 Å². The van der Waals surface area contributed by atoms with E-state index in [4.69, 9.17) is 21.4 Å². The van der Waals surface area contributed by atoms with E-state index in [0.29, 0.717) is 27.0 Å². The molecule has 0 aliphatic carbocycles. The topological polar surface area (TPSA) is 62.7 Å². The summed E-state index contributed by atoms with van der Waals surface area (Å²) in [5.74, 6) is -0.0582.